The minimum atomic E-state index is 0.405. The maximum atomic E-state index is 3.57. The van der Waals surface area contributed by atoms with E-state index in [1.54, 1.807) is 0 Å². The molecule has 2 rings (SSSR count). The summed E-state index contributed by atoms with van der Waals surface area (Å²) in [7, 11) is 0. The zero-order valence-corrected chi connectivity index (χ0v) is 12.4. The lowest BCUT2D eigenvalue weighted by Crippen LogP contribution is -2.18. The van der Waals surface area contributed by atoms with Crippen LogP contribution in [0.4, 0.5) is 0 Å². The molecule has 0 saturated heterocycles. The first-order valence-electron chi connectivity index (χ1n) is 5.69. The molecule has 1 aromatic heterocycles. The summed E-state index contributed by atoms with van der Waals surface area (Å²) in [6, 6.07) is 10.9. The number of rotatable bonds is 4. The monoisotopic (exact) mass is 309 g/mol. The Morgan fingerprint density at radius 3 is 2.71 bits per heavy atom. The standard InChI is InChI=1S/C14H16BrNS/c1-10-7-8-17-14(10)11(2)16-9-12-5-3-4-6-13(12)15/h3-8,11,16H,9H2,1-2H3. The minimum absolute atomic E-state index is 0.405. The molecule has 1 nitrogen and oxygen atoms in total. The highest BCUT2D eigenvalue weighted by molar-refractivity contribution is 9.10. The van der Waals surface area contributed by atoms with Crippen molar-refractivity contribution >= 4 is 27.3 Å². The van der Waals surface area contributed by atoms with E-state index >= 15 is 0 Å². The van der Waals surface area contributed by atoms with Crippen molar-refractivity contribution in [1.29, 1.82) is 0 Å². The third-order valence-corrected chi connectivity index (χ3v) is 4.83. The van der Waals surface area contributed by atoms with Crippen LogP contribution in [-0.4, -0.2) is 0 Å². The van der Waals surface area contributed by atoms with Crippen LogP contribution in [0.3, 0.4) is 0 Å². The number of aryl methyl sites for hydroxylation is 1. The largest absolute Gasteiger partial charge is 0.305 e. The first kappa shape index (κ1) is 12.8. The summed E-state index contributed by atoms with van der Waals surface area (Å²) in [5, 5.41) is 5.72. The normalized spacial score (nSPS) is 12.6. The van der Waals surface area contributed by atoms with Crippen molar-refractivity contribution in [2.45, 2.75) is 26.4 Å². The van der Waals surface area contributed by atoms with Crippen molar-refractivity contribution in [2.75, 3.05) is 0 Å². The third-order valence-electron chi connectivity index (χ3n) is 2.85. The second-order valence-electron chi connectivity index (χ2n) is 4.16. The molecule has 1 heterocycles. The van der Waals surface area contributed by atoms with E-state index in [1.165, 1.54) is 20.5 Å². The van der Waals surface area contributed by atoms with Gasteiger partial charge in [0, 0.05) is 21.9 Å². The molecule has 1 atom stereocenters. The van der Waals surface area contributed by atoms with Crippen LogP contribution in [0.1, 0.15) is 29.0 Å². The molecular weight excluding hydrogens is 294 g/mol. The molecule has 3 heteroatoms. The van der Waals surface area contributed by atoms with Gasteiger partial charge in [0.05, 0.1) is 0 Å². The lowest BCUT2D eigenvalue weighted by molar-refractivity contribution is 0.580. The first-order valence-corrected chi connectivity index (χ1v) is 7.36. The molecule has 1 N–H and O–H groups in total. The average molecular weight is 310 g/mol. The number of halogens is 1. The molecule has 0 fully saturated rings. The molecule has 1 aromatic carbocycles. The van der Waals surface area contributed by atoms with Crippen molar-refractivity contribution < 1.29 is 0 Å². The van der Waals surface area contributed by atoms with Crippen LogP contribution in [0.25, 0.3) is 0 Å². The molecule has 0 aliphatic rings. The van der Waals surface area contributed by atoms with E-state index < -0.39 is 0 Å². The van der Waals surface area contributed by atoms with Crippen molar-refractivity contribution in [2.24, 2.45) is 0 Å². The van der Waals surface area contributed by atoms with Gasteiger partial charge in [-0.2, -0.15) is 0 Å². The van der Waals surface area contributed by atoms with Crippen LogP contribution < -0.4 is 5.32 Å². The van der Waals surface area contributed by atoms with E-state index in [-0.39, 0.29) is 0 Å². The molecular formula is C14H16BrNS. The average Bonchev–Trinajstić information content (AvgIpc) is 2.74. The smallest absolute Gasteiger partial charge is 0.0391 e. The lowest BCUT2D eigenvalue weighted by Gasteiger charge is -2.14. The Morgan fingerprint density at radius 1 is 1.29 bits per heavy atom. The third kappa shape index (κ3) is 3.18. The fraction of sp³-hybridized carbons (Fsp3) is 0.286. The number of thiophene rings is 1. The highest BCUT2D eigenvalue weighted by Crippen LogP contribution is 2.24. The van der Waals surface area contributed by atoms with Gasteiger partial charge in [0.1, 0.15) is 0 Å². The summed E-state index contributed by atoms with van der Waals surface area (Å²) in [5.41, 5.74) is 2.68. The molecule has 0 amide bonds. The molecule has 0 spiro atoms. The van der Waals surface area contributed by atoms with Crippen LogP contribution in [0.5, 0.6) is 0 Å². The van der Waals surface area contributed by atoms with Gasteiger partial charge >= 0.3 is 0 Å². The van der Waals surface area contributed by atoms with E-state index in [0.29, 0.717) is 6.04 Å². The van der Waals surface area contributed by atoms with Gasteiger partial charge in [-0.05, 0) is 42.5 Å². The van der Waals surface area contributed by atoms with E-state index in [9.17, 15) is 0 Å². The minimum Gasteiger partial charge on any atom is -0.305 e. The molecule has 0 bridgehead atoms. The highest BCUT2D eigenvalue weighted by atomic mass is 79.9. The Bertz CT molecular complexity index is 492. The summed E-state index contributed by atoms with van der Waals surface area (Å²) in [6.45, 7) is 5.28. The van der Waals surface area contributed by atoms with E-state index in [1.807, 2.05) is 17.4 Å². The lowest BCUT2D eigenvalue weighted by atomic mass is 10.1. The maximum Gasteiger partial charge on any atom is 0.0391 e. The van der Waals surface area contributed by atoms with Crippen LogP contribution in [0.2, 0.25) is 0 Å². The van der Waals surface area contributed by atoms with Gasteiger partial charge in [-0.3, -0.25) is 0 Å². The fourth-order valence-electron chi connectivity index (χ4n) is 1.83. The summed E-state index contributed by atoms with van der Waals surface area (Å²) < 4.78 is 1.17. The van der Waals surface area contributed by atoms with Crippen LogP contribution in [0, 0.1) is 6.92 Å². The Morgan fingerprint density at radius 2 is 2.06 bits per heavy atom. The molecule has 2 aromatic rings. The number of benzene rings is 1. The summed E-state index contributed by atoms with van der Waals surface area (Å²) in [5.74, 6) is 0. The Hall–Kier alpha value is -0.640. The van der Waals surface area contributed by atoms with Gasteiger partial charge in [0.2, 0.25) is 0 Å². The van der Waals surface area contributed by atoms with Crippen molar-refractivity contribution in [1.82, 2.24) is 5.32 Å². The molecule has 17 heavy (non-hydrogen) atoms. The Labute approximate surface area is 115 Å². The fourth-order valence-corrected chi connectivity index (χ4v) is 3.21. The van der Waals surface area contributed by atoms with Crippen molar-refractivity contribution in [3.63, 3.8) is 0 Å². The molecule has 0 saturated carbocycles. The Balaban J connectivity index is 2.00. The second kappa shape index (κ2) is 5.80. The van der Waals surface area contributed by atoms with Crippen LogP contribution in [-0.2, 0) is 6.54 Å². The van der Waals surface area contributed by atoms with E-state index in [0.717, 1.165) is 6.54 Å². The van der Waals surface area contributed by atoms with E-state index in [4.69, 9.17) is 0 Å². The zero-order chi connectivity index (χ0) is 12.3. The highest BCUT2D eigenvalue weighted by Gasteiger charge is 2.09. The number of hydrogen-bond acceptors (Lipinski definition) is 2. The van der Waals surface area contributed by atoms with Gasteiger partial charge in [-0.1, -0.05) is 34.1 Å². The summed E-state index contributed by atoms with van der Waals surface area (Å²) in [4.78, 5) is 1.43. The molecule has 1 unspecified atom stereocenters. The first-order chi connectivity index (χ1) is 8.18. The van der Waals surface area contributed by atoms with Crippen molar-refractivity contribution in [3.8, 4) is 0 Å². The number of nitrogens with one attached hydrogen (secondary N) is 1. The summed E-state index contributed by atoms with van der Waals surface area (Å²) in [6.07, 6.45) is 0. The summed E-state index contributed by atoms with van der Waals surface area (Å²) >= 11 is 5.39. The van der Waals surface area contributed by atoms with Gasteiger partial charge in [-0.15, -0.1) is 11.3 Å². The Kier molecular flexibility index (Phi) is 4.37. The quantitative estimate of drug-likeness (QED) is 0.865. The second-order valence-corrected chi connectivity index (χ2v) is 5.96. The van der Waals surface area contributed by atoms with Gasteiger partial charge in [0.15, 0.2) is 0 Å². The molecule has 0 aliphatic heterocycles. The molecule has 0 radical (unpaired) electrons. The van der Waals surface area contributed by atoms with Crippen LogP contribution >= 0.6 is 27.3 Å². The topological polar surface area (TPSA) is 12.0 Å². The van der Waals surface area contributed by atoms with Gasteiger partial charge in [0.25, 0.3) is 0 Å². The van der Waals surface area contributed by atoms with Gasteiger partial charge < -0.3 is 5.32 Å². The predicted molar refractivity (Wildman–Crippen MR) is 78.5 cm³/mol. The predicted octanol–water partition coefficient (Wildman–Crippen LogP) is 4.67. The van der Waals surface area contributed by atoms with Crippen molar-refractivity contribution in [3.05, 3.63) is 56.2 Å². The molecule has 90 valence electrons. The van der Waals surface area contributed by atoms with E-state index in [2.05, 4.69) is 64.7 Å². The molecule has 0 aliphatic carbocycles. The number of hydrogen-bond donors (Lipinski definition) is 1. The maximum absolute atomic E-state index is 3.57. The zero-order valence-electron chi connectivity index (χ0n) is 10.0. The SMILES string of the molecule is Cc1ccsc1C(C)NCc1ccccc1Br. The van der Waals surface area contributed by atoms with Gasteiger partial charge in [-0.25, -0.2) is 0 Å². The van der Waals surface area contributed by atoms with Crippen LogP contribution in [0.15, 0.2) is 40.2 Å².